The van der Waals surface area contributed by atoms with Gasteiger partial charge in [-0.05, 0) is 18.2 Å². The van der Waals surface area contributed by atoms with Crippen LogP contribution in [0.2, 0.25) is 5.02 Å². The molecular weight excluding hydrogens is 274 g/mol. The van der Waals surface area contributed by atoms with Crippen molar-refractivity contribution in [2.45, 2.75) is 0 Å². The van der Waals surface area contributed by atoms with Crippen molar-refractivity contribution in [3.05, 3.63) is 35.0 Å². The number of hydrogen-bond donors (Lipinski definition) is 4. The van der Waals surface area contributed by atoms with E-state index in [1.54, 1.807) is 29.9 Å². The molecule has 2 aromatic rings. The molecule has 0 radical (unpaired) electrons. The number of nitrogens with one attached hydrogen (secondary N) is 2. The SMILES string of the molecule is O=C(NO)c1cc2c(NCS)ccnc2cc1Cl. The van der Waals surface area contributed by atoms with Crippen LogP contribution < -0.4 is 10.8 Å². The summed E-state index contributed by atoms with van der Waals surface area (Å²) < 4.78 is 0. The monoisotopic (exact) mass is 283 g/mol. The number of halogens is 1. The lowest BCUT2D eigenvalue weighted by atomic mass is 10.1. The minimum Gasteiger partial charge on any atom is -0.376 e. The molecule has 0 spiro atoms. The van der Waals surface area contributed by atoms with Gasteiger partial charge in [0.2, 0.25) is 0 Å². The van der Waals surface area contributed by atoms with Crippen LogP contribution >= 0.6 is 24.2 Å². The van der Waals surface area contributed by atoms with E-state index in [4.69, 9.17) is 16.8 Å². The molecule has 1 aromatic carbocycles. The van der Waals surface area contributed by atoms with Crippen LogP contribution in [-0.2, 0) is 0 Å². The predicted molar refractivity (Wildman–Crippen MR) is 73.5 cm³/mol. The van der Waals surface area contributed by atoms with E-state index in [0.29, 0.717) is 11.4 Å². The lowest BCUT2D eigenvalue weighted by Gasteiger charge is -2.09. The molecule has 0 bridgehead atoms. The predicted octanol–water partition coefficient (Wildman–Crippen LogP) is 2.31. The molecule has 0 unspecified atom stereocenters. The number of anilines is 1. The largest absolute Gasteiger partial charge is 0.376 e. The van der Waals surface area contributed by atoms with Crippen molar-refractivity contribution in [1.82, 2.24) is 10.5 Å². The van der Waals surface area contributed by atoms with Gasteiger partial charge < -0.3 is 5.32 Å². The molecule has 0 saturated heterocycles. The normalized spacial score (nSPS) is 10.4. The third kappa shape index (κ3) is 2.35. The summed E-state index contributed by atoms with van der Waals surface area (Å²) in [4.78, 5) is 15.6. The zero-order valence-corrected chi connectivity index (χ0v) is 10.8. The topological polar surface area (TPSA) is 74.2 Å². The minimum absolute atomic E-state index is 0.182. The van der Waals surface area contributed by atoms with Gasteiger partial charge in [0.15, 0.2) is 0 Å². The fourth-order valence-electron chi connectivity index (χ4n) is 1.64. The highest BCUT2D eigenvalue weighted by Crippen LogP contribution is 2.27. The number of fused-ring (bicyclic) bond motifs is 1. The summed E-state index contributed by atoms with van der Waals surface area (Å²) in [5.41, 5.74) is 3.19. The number of hydroxylamine groups is 1. The highest BCUT2D eigenvalue weighted by atomic mass is 35.5. The van der Waals surface area contributed by atoms with Gasteiger partial charge in [-0.25, -0.2) is 5.48 Å². The molecule has 2 rings (SSSR count). The summed E-state index contributed by atoms with van der Waals surface area (Å²) in [6, 6.07) is 4.92. The van der Waals surface area contributed by atoms with Gasteiger partial charge in [0.1, 0.15) is 0 Å². The molecule has 1 heterocycles. The van der Waals surface area contributed by atoms with E-state index in [2.05, 4.69) is 22.9 Å². The van der Waals surface area contributed by atoms with Crippen LogP contribution in [0.4, 0.5) is 5.69 Å². The third-order valence-corrected chi connectivity index (χ3v) is 2.92. The average Bonchev–Trinajstić information content (AvgIpc) is 2.37. The highest BCUT2D eigenvalue weighted by Gasteiger charge is 2.13. The Bertz CT molecular complexity index is 606. The molecule has 94 valence electrons. The Balaban J connectivity index is 2.66. The molecular formula is C11H10ClN3O2S. The van der Waals surface area contributed by atoms with Gasteiger partial charge in [0.25, 0.3) is 5.91 Å². The molecule has 0 saturated carbocycles. The molecule has 0 fully saturated rings. The van der Waals surface area contributed by atoms with Gasteiger partial charge in [0, 0.05) is 17.3 Å². The number of aromatic nitrogens is 1. The molecule has 1 amide bonds. The maximum absolute atomic E-state index is 11.4. The lowest BCUT2D eigenvalue weighted by Crippen LogP contribution is -2.19. The van der Waals surface area contributed by atoms with E-state index < -0.39 is 5.91 Å². The fourth-order valence-corrected chi connectivity index (χ4v) is 2.05. The summed E-state index contributed by atoms with van der Waals surface area (Å²) in [6.07, 6.45) is 1.64. The van der Waals surface area contributed by atoms with E-state index in [0.717, 1.165) is 11.1 Å². The molecule has 5 nitrogen and oxygen atoms in total. The summed E-state index contributed by atoms with van der Waals surface area (Å²) in [6.45, 7) is 0. The number of carbonyl (C=O) groups excluding carboxylic acids is 1. The summed E-state index contributed by atoms with van der Waals surface area (Å²) in [5.74, 6) is -0.217. The van der Waals surface area contributed by atoms with Gasteiger partial charge in [-0.15, -0.1) is 0 Å². The fraction of sp³-hybridized carbons (Fsp3) is 0.0909. The van der Waals surface area contributed by atoms with Crippen molar-refractivity contribution < 1.29 is 10.0 Å². The molecule has 0 atom stereocenters. The second-order valence-corrected chi connectivity index (χ2v) is 4.21. The maximum Gasteiger partial charge on any atom is 0.276 e. The van der Waals surface area contributed by atoms with E-state index in [9.17, 15) is 4.79 Å². The average molecular weight is 284 g/mol. The molecule has 0 aliphatic rings. The van der Waals surface area contributed by atoms with Gasteiger partial charge in [-0.2, -0.15) is 12.6 Å². The second-order valence-electron chi connectivity index (χ2n) is 3.48. The first-order valence-electron chi connectivity index (χ1n) is 5.05. The number of hydrogen-bond acceptors (Lipinski definition) is 5. The summed E-state index contributed by atoms with van der Waals surface area (Å²) >= 11 is 10.0. The molecule has 7 heteroatoms. The first kappa shape index (κ1) is 12.9. The second kappa shape index (κ2) is 5.43. The van der Waals surface area contributed by atoms with Crippen molar-refractivity contribution in [1.29, 1.82) is 0 Å². The number of rotatable bonds is 3. The Morgan fingerprint density at radius 3 is 2.94 bits per heavy atom. The number of amides is 1. The van der Waals surface area contributed by atoms with Crippen molar-refractivity contribution in [3.8, 4) is 0 Å². The summed E-state index contributed by atoms with van der Waals surface area (Å²) in [5, 5.41) is 12.7. The first-order valence-corrected chi connectivity index (χ1v) is 6.06. The number of carbonyl (C=O) groups is 1. The van der Waals surface area contributed by atoms with Crippen molar-refractivity contribution >= 4 is 46.7 Å². The highest BCUT2D eigenvalue weighted by molar-refractivity contribution is 7.80. The van der Waals surface area contributed by atoms with Crippen LogP contribution in [-0.4, -0.2) is 22.0 Å². The minimum atomic E-state index is -0.664. The first-order chi connectivity index (χ1) is 8.67. The number of pyridine rings is 1. The van der Waals surface area contributed by atoms with Crippen molar-refractivity contribution in [2.75, 3.05) is 11.2 Å². The van der Waals surface area contributed by atoms with Crippen LogP contribution in [0.5, 0.6) is 0 Å². The number of nitrogens with zero attached hydrogens (tertiary/aromatic N) is 1. The van der Waals surface area contributed by atoms with E-state index in [1.807, 2.05) is 0 Å². The van der Waals surface area contributed by atoms with Crippen LogP contribution in [0.1, 0.15) is 10.4 Å². The smallest absolute Gasteiger partial charge is 0.276 e. The molecule has 3 N–H and O–H groups in total. The number of thiol groups is 1. The van der Waals surface area contributed by atoms with Gasteiger partial charge in [-0.3, -0.25) is 15.0 Å². The maximum atomic E-state index is 11.4. The Morgan fingerprint density at radius 2 is 2.28 bits per heavy atom. The lowest BCUT2D eigenvalue weighted by molar-refractivity contribution is 0.0706. The van der Waals surface area contributed by atoms with Gasteiger partial charge >= 0.3 is 0 Å². The molecule has 18 heavy (non-hydrogen) atoms. The number of benzene rings is 1. The van der Waals surface area contributed by atoms with Crippen LogP contribution in [0.3, 0.4) is 0 Å². The van der Waals surface area contributed by atoms with Crippen LogP contribution in [0.15, 0.2) is 24.4 Å². The van der Waals surface area contributed by atoms with E-state index in [-0.39, 0.29) is 10.6 Å². The quantitative estimate of drug-likeness (QED) is 0.302. The van der Waals surface area contributed by atoms with Gasteiger partial charge in [-0.1, -0.05) is 11.6 Å². The van der Waals surface area contributed by atoms with Crippen LogP contribution in [0, 0.1) is 0 Å². The van der Waals surface area contributed by atoms with Crippen LogP contribution in [0.25, 0.3) is 10.9 Å². The zero-order valence-electron chi connectivity index (χ0n) is 9.14. The zero-order chi connectivity index (χ0) is 13.1. The van der Waals surface area contributed by atoms with Gasteiger partial charge in [0.05, 0.1) is 22.0 Å². The molecule has 0 aliphatic carbocycles. The Labute approximate surface area is 114 Å². The standard InChI is InChI=1S/C11H10ClN3O2S/c12-8-4-10-7(3-6(8)11(16)15-17)9(14-5-18)1-2-13-10/h1-4,17-18H,5H2,(H,13,14)(H,15,16). The van der Waals surface area contributed by atoms with Crippen molar-refractivity contribution in [3.63, 3.8) is 0 Å². The third-order valence-electron chi connectivity index (χ3n) is 2.45. The Kier molecular flexibility index (Phi) is 3.90. The molecule has 0 aliphatic heterocycles. The van der Waals surface area contributed by atoms with E-state index >= 15 is 0 Å². The Morgan fingerprint density at radius 1 is 1.50 bits per heavy atom. The summed E-state index contributed by atoms with van der Waals surface area (Å²) in [7, 11) is 0. The molecule has 1 aromatic heterocycles. The van der Waals surface area contributed by atoms with E-state index in [1.165, 1.54) is 0 Å². The Hall–Kier alpha value is -1.50. The van der Waals surface area contributed by atoms with Crippen molar-refractivity contribution in [2.24, 2.45) is 0 Å².